The first-order valence-corrected chi connectivity index (χ1v) is 14.0. The number of unbranched alkanes of at least 4 members (excludes halogenated alkanes) is 9. The Kier molecular flexibility index (Phi) is 34.2. The minimum atomic E-state index is -0.593. The van der Waals surface area contributed by atoms with Gasteiger partial charge in [-0.25, -0.2) is 88.1 Å². The van der Waals surface area contributed by atoms with E-state index < -0.39 is 17.1 Å². The third-order valence-electron chi connectivity index (χ3n) is 5.78. The lowest BCUT2D eigenvalue weighted by molar-refractivity contribution is 0.413. The Balaban J connectivity index is -0.00000174. The SMILES string of the molecule is N=C=O.N=C=O.N=C=O.O=C=NCCCCCCn1c(=O)n(CCCCCCN=C=O)c(=O)n(CCCCCCN=C=O)c1=O. The van der Waals surface area contributed by atoms with Gasteiger partial charge in [0.1, 0.15) is 0 Å². The number of rotatable bonds is 21. The molecule has 0 unspecified atom stereocenters. The Bertz CT molecular complexity index is 1180. The summed E-state index contributed by atoms with van der Waals surface area (Å²) in [6.07, 6.45) is 15.4. The van der Waals surface area contributed by atoms with Gasteiger partial charge >= 0.3 is 17.1 Å². The second kappa shape index (κ2) is 34.9. The van der Waals surface area contributed by atoms with Gasteiger partial charge in [0.05, 0.1) is 19.6 Å². The first-order chi connectivity index (χ1) is 21.8. The number of aromatic nitrogens is 3. The number of aliphatic imine (C=N–C) groups is 3. The van der Waals surface area contributed by atoms with Gasteiger partial charge in [0, 0.05) is 19.6 Å². The minimum Gasteiger partial charge on any atom is -0.247 e. The molecule has 1 rings (SSSR count). The molecule has 0 saturated heterocycles. The molecule has 1 heterocycles. The van der Waals surface area contributed by atoms with E-state index in [1.54, 1.807) is 0 Å². The normalized spacial score (nSPS) is 8.80. The van der Waals surface area contributed by atoms with E-state index in [9.17, 15) is 28.8 Å². The van der Waals surface area contributed by atoms with E-state index in [4.69, 9.17) is 30.6 Å². The topological polar surface area (TPSA) is 277 Å². The average Bonchev–Trinajstić information content (AvgIpc) is 3.01. The third-order valence-corrected chi connectivity index (χ3v) is 5.78. The highest BCUT2D eigenvalue weighted by molar-refractivity contribution is 5.33. The highest BCUT2D eigenvalue weighted by Crippen LogP contribution is 2.03. The Hall–Kier alpha value is -5.31. The zero-order valence-corrected chi connectivity index (χ0v) is 25.1. The van der Waals surface area contributed by atoms with Gasteiger partial charge in [0.25, 0.3) is 0 Å². The molecule has 0 spiro atoms. The molecule has 0 aliphatic carbocycles. The van der Waals surface area contributed by atoms with Gasteiger partial charge in [-0.05, 0) is 38.5 Å². The molecule has 0 bridgehead atoms. The van der Waals surface area contributed by atoms with Crippen LogP contribution in [0.4, 0.5) is 0 Å². The van der Waals surface area contributed by atoms with Gasteiger partial charge in [0.2, 0.25) is 36.5 Å². The number of isocyanates is 6. The van der Waals surface area contributed by atoms with Crippen molar-refractivity contribution in [3.05, 3.63) is 31.5 Å². The molecule has 0 atom stereocenters. The monoisotopic (exact) mass is 633 g/mol. The molecular formula is C27H39N9O9. The zero-order valence-electron chi connectivity index (χ0n) is 25.1. The maximum Gasteiger partial charge on any atom is 0.336 e. The highest BCUT2D eigenvalue weighted by Gasteiger charge is 2.15. The van der Waals surface area contributed by atoms with Crippen molar-refractivity contribution in [3.8, 4) is 0 Å². The highest BCUT2D eigenvalue weighted by atomic mass is 16.2. The van der Waals surface area contributed by atoms with Gasteiger partial charge in [0.15, 0.2) is 0 Å². The van der Waals surface area contributed by atoms with Crippen molar-refractivity contribution >= 4 is 36.5 Å². The molecule has 0 aromatic carbocycles. The van der Waals surface area contributed by atoms with Crippen molar-refractivity contribution < 1.29 is 28.8 Å². The second-order valence-corrected chi connectivity index (χ2v) is 8.77. The van der Waals surface area contributed by atoms with E-state index >= 15 is 0 Å². The molecule has 0 aliphatic rings. The molecule has 45 heavy (non-hydrogen) atoms. The molecule has 3 N–H and O–H groups in total. The van der Waals surface area contributed by atoms with Crippen LogP contribution in [-0.4, -0.2) is 69.8 Å². The van der Waals surface area contributed by atoms with Crippen LogP contribution in [0, 0.1) is 16.2 Å². The fraction of sp³-hybridized carbons (Fsp3) is 0.667. The van der Waals surface area contributed by atoms with Crippen LogP contribution in [0.15, 0.2) is 29.4 Å². The second-order valence-electron chi connectivity index (χ2n) is 8.77. The summed E-state index contributed by atoms with van der Waals surface area (Å²) in [5.74, 6) is 0. The van der Waals surface area contributed by atoms with E-state index in [1.165, 1.54) is 18.2 Å². The van der Waals surface area contributed by atoms with Gasteiger partial charge < -0.3 is 0 Å². The van der Waals surface area contributed by atoms with Crippen LogP contribution in [0.5, 0.6) is 0 Å². The Morgan fingerprint density at radius 1 is 0.400 bits per heavy atom. The first kappa shape index (κ1) is 44.1. The van der Waals surface area contributed by atoms with Crippen molar-refractivity contribution in [2.75, 3.05) is 19.6 Å². The summed E-state index contributed by atoms with van der Waals surface area (Å²) in [6, 6.07) is 0. The van der Waals surface area contributed by atoms with Crippen molar-refractivity contribution in [1.29, 1.82) is 16.2 Å². The third kappa shape index (κ3) is 24.9. The Morgan fingerprint density at radius 2 is 0.600 bits per heavy atom. The van der Waals surface area contributed by atoms with E-state index in [0.717, 1.165) is 89.7 Å². The minimum absolute atomic E-state index is 0.211. The van der Waals surface area contributed by atoms with Crippen molar-refractivity contribution in [2.45, 2.75) is 96.7 Å². The fourth-order valence-corrected chi connectivity index (χ4v) is 3.84. The molecule has 0 saturated carbocycles. The predicted molar refractivity (Wildman–Crippen MR) is 159 cm³/mol. The zero-order chi connectivity index (χ0) is 34.6. The van der Waals surface area contributed by atoms with Crippen molar-refractivity contribution in [1.82, 2.24) is 13.7 Å². The standard InChI is InChI=1S/C24H36N6O6.3CHNO/c31-19-25-13-7-1-4-10-16-28-22(34)29(17-11-5-2-8-14-26-20-32)24(36)30(23(28)35)18-12-6-3-9-15-27-21-33;3*2-1-3/h1-18H2;3*2H. The number of hydrogen-bond acceptors (Lipinski definition) is 15. The quantitative estimate of drug-likeness (QED) is 0.100. The Morgan fingerprint density at radius 3 is 0.800 bits per heavy atom. The summed E-state index contributed by atoms with van der Waals surface area (Å²) < 4.78 is 3.42. The van der Waals surface area contributed by atoms with Crippen LogP contribution in [0.25, 0.3) is 0 Å². The molecule has 1 aromatic heterocycles. The van der Waals surface area contributed by atoms with E-state index in [0.29, 0.717) is 38.9 Å². The van der Waals surface area contributed by atoms with Crippen LogP contribution in [0.2, 0.25) is 0 Å². The van der Waals surface area contributed by atoms with Crippen molar-refractivity contribution in [2.24, 2.45) is 15.0 Å². The average molecular weight is 634 g/mol. The summed E-state index contributed by atoms with van der Waals surface area (Å²) in [7, 11) is 0. The van der Waals surface area contributed by atoms with Crippen LogP contribution < -0.4 is 17.1 Å². The van der Waals surface area contributed by atoms with Gasteiger partial charge in [-0.3, -0.25) is 0 Å². The van der Waals surface area contributed by atoms with Gasteiger partial charge in [-0.15, -0.1) is 0 Å². The predicted octanol–water partition coefficient (Wildman–Crippen LogP) is 1.56. The van der Waals surface area contributed by atoms with Crippen molar-refractivity contribution in [3.63, 3.8) is 0 Å². The van der Waals surface area contributed by atoms with E-state index in [2.05, 4.69) is 15.0 Å². The largest absolute Gasteiger partial charge is 0.336 e. The van der Waals surface area contributed by atoms with Crippen LogP contribution in [0.3, 0.4) is 0 Å². The van der Waals surface area contributed by atoms with Gasteiger partial charge in [-0.1, -0.05) is 38.5 Å². The molecule has 246 valence electrons. The lowest BCUT2D eigenvalue weighted by atomic mass is 10.2. The molecule has 0 fully saturated rings. The van der Waals surface area contributed by atoms with Crippen LogP contribution >= 0.6 is 0 Å². The maximum atomic E-state index is 13.0. The molecule has 0 radical (unpaired) electrons. The maximum absolute atomic E-state index is 13.0. The molecule has 0 amide bonds. The molecular weight excluding hydrogens is 594 g/mol. The molecule has 0 aliphatic heterocycles. The van der Waals surface area contributed by atoms with Gasteiger partial charge in [-0.2, -0.15) is 0 Å². The number of nitrogens with one attached hydrogen (secondary N) is 3. The molecule has 1 aromatic rings. The first-order valence-electron chi connectivity index (χ1n) is 14.0. The summed E-state index contributed by atoms with van der Waals surface area (Å²) in [6.45, 7) is 1.85. The molecule has 18 nitrogen and oxygen atoms in total. The number of carbonyl (C=O) groups excluding carboxylic acids is 6. The van der Waals surface area contributed by atoms with Crippen LogP contribution in [0.1, 0.15) is 77.0 Å². The lowest BCUT2D eigenvalue weighted by Gasteiger charge is -2.14. The molecule has 18 heteroatoms. The summed E-state index contributed by atoms with van der Waals surface area (Å²) in [4.78, 5) is 105. The van der Waals surface area contributed by atoms with E-state index in [1.807, 2.05) is 0 Å². The summed E-state index contributed by atoms with van der Waals surface area (Å²) in [5, 5.41) is 16.2. The summed E-state index contributed by atoms with van der Waals surface area (Å²) in [5.41, 5.74) is -1.78. The lowest BCUT2D eigenvalue weighted by Crippen LogP contribution is -2.54. The smallest absolute Gasteiger partial charge is 0.247 e. The van der Waals surface area contributed by atoms with E-state index in [-0.39, 0.29) is 19.6 Å². The number of hydrogen-bond donors (Lipinski definition) is 3. The number of nitrogens with zero attached hydrogens (tertiary/aromatic N) is 6. The van der Waals surface area contributed by atoms with Crippen LogP contribution in [-0.2, 0) is 48.4 Å². The summed E-state index contributed by atoms with van der Waals surface area (Å²) >= 11 is 0. The Labute approximate surface area is 258 Å². The fourth-order valence-electron chi connectivity index (χ4n) is 3.84.